The number of fused-ring (bicyclic) bond motifs is 1. The molecule has 0 fully saturated rings. The quantitative estimate of drug-likeness (QED) is 0.638. The molecule has 2 heterocycles. The van der Waals surface area contributed by atoms with Crippen LogP contribution in [0.1, 0.15) is 59.7 Å². The number of aromatic nitrogens is 1. The highest BCUT2D eigenvalue weighted by atomic mass is 16.5. The first-order chi connectivity index (χ1) is 12.9. The summed E-state index contributed by atoms with van der Waals surface area (Å²) in [5.74, 6) is -2.36. The van der Waals surface area contributed by atoms with E-state index in [0.717, 1.165) is 4.90 Å². The SMILES string of the molecule is CCc1[nH]c(C(=O)OCN2C(=O)c3ccccc3C2=O)c(C)c1C(=O)OC. The van der Waals surface area contributed by atoms with Crippen LogP contribution in [0.4, 0.5) is 0 Å². The number of carbonyl (C=O) groups excluding carboxylic acids is 4. The second-order valence-electron chi connectivity index (χ2n) is 5.97. The van der Waals surface area contributed by atoms with Gasteiger partial charge in [0.15, 0.2) is 6.73 Å². The number of carbonyl (C=O) groups is 4. The van der Waals surface area contributed by atoms with Gasteiger partial charge in [0, 0.05) is 5.69 Å². The van der Waals surface area contributed by atoms with Crippen LogP contribution in [0, 0.1) is 6.92 Å². The second-order valence-corrected chi connectivity index (χ2v) is 5.97. The van der Waals surface area contributed by atoms with Crippen LogP contribution in [-0.2, 0) is 15.9 Å². The summed E-state index contributed by atoms with van der Waals surface area (Å²) in [6.07, 6.45) is 0.483. The zero-order valence-corrected chi connectivity index (χ0v) is 15.1. The van der Waals surface area contributed by atoms with Gasteiger partial charge >= 0.3 is 11.9 Å². The molecular weight excluding hydrogens is 352 g/mol. The standard InChI is InChI=1S/C19H18N2O6/c1-4-13-14(18(24)26-3)10(2)15(20-13)19(25)27-9-21-16(22)11-7-5-6-8-12(11)17(21)23/h5-8,20H,4,9H2,1-3H3. The van der Waals surface area contributed by atoms with E-state index < -0.39 is 30.5 Å². The maximum atomic E-state index is 12.4. The minimum absolute atomic E-state index is 0.0869. The van der Waals surface area contributed by atoms with Crippen molar-refractivity contribution < 1.29 is 28.7 Å². The molecule has 1 aromatic carbocycles. The van der Waals surface area contributed by atoms with Gasteiger partial charge in [0.05, 0.1) is 23.8 Å². The minimum atomic E-state index is -0.770. The topological polar surface area (TPSA) is 106 Å². The van der Waals surface area contributed by atoms with Gasteiger partial charge in [-0.25, -0.2) is 14.5 Å². The van der Waals surface area contributed by atoms with Crippen molar-refractivity contribution in [3.05, 3.63) is 57.9 Å². The van der Waals surface area contributed by atoms with E-state index in [2.05, 4.69) is 4.98 Å². The van der Waals surface area contributed by atoms with E-state index in [1.54, 1.807) is 31.2 Å². The molecule has 27 heavy (non-hydrogen) atoms. The average molecular weight is 370 g/mol. The summed E-state index contributed by atoms with van der Waals surface area (Å²) in [5.41, 5.74) is 1.86. The van der Waals surface area contributed by atoms with Gasteiger partial charge in [-0.2, -0.15) is 0 Å². The number of benzene rings is 1. The fourth-order valence-corrected chi connectivity index (χ4v) is 3.06. The van der Waals surface area contributed by atoms with Crippen LogP contribution >= 0.6 is 0 Å². The van der Waals surface area contributed by atoms with Crippen molar-refractivity contribution in [1.82, 2.24) is 9.88 Å². The number of aromatic amines is 1. The number of imide groups is 1. The van der Waals surface area contributed by atoms with Gasteiger partial charge in [0.2, 0.25) is 0 Å². The summed E-state index contributed by atoms with van der Waals surface area (Å²) in [5, 5.41) is 0. The Hall–Kier alpha value is -3.42. The van der Waals surface area contributed by atoms with Gasteiger partial charge < -0.3 is 14.5 Å². The lowest BCUT2D eigenvalue weighted by Crippen LogP contribution is -2.33. The van der Waals surface area contributed by atoms with Gasteiger partial charge in [0.1, 0.15) is 5.69 Å². The highest BCUT2D eigenvalue weighted by Crippen LogP contribution is 2.24. The normalized spacial score (nSPS) is 12.9. The Morgan fingerprint density at radius 3 is 2.19 bits per heavy atom. The average Bonchev–Trinajstić information content (AvgIpc) is 3.14. The Morgan fingerprint density at radius 2 is 1.67 bits per heavy atom. The molecular formula is C19H18N2O6. The maximum Gasteiger partial charge on any atom is 0.356 e. The number of nitrogens with one attached hydrogen (secondary N) is 1. The van der Waals surface area contributed by atoms with Gasteiger partial charge in [0.25, 0.3) is 11.8 Å². The van der Waals surface area contributed by atoms with Crippen LogP contribution < -0.4 is 0 Å². The first-order valence-corrected chi connectivity index (χ1v) is 8.32. The van der Waals surface area contributed by atoms with Crippen molar-refractivity contribution >= 4 is 23.8 Å². The highest BCUT2D eigenvalue weighted by Gasteiger charge is 2.36. The highest BCUT2D eigenvalue weighted by molar-refractivity contribution is 6.21. The fraction of sp³-hybridized carbons (Fsp3) is 0.263. The Morgan fingerprint density at radius 1 is 1.07 bits per heavy atom. The molecule has 0 saturated carbocycles. The molecule has 1 aromatic heterocycles. The molecule has 1 aliphatic rings. The van der Waals surface area contributed by atoms with Crippen molar-refractivity contribution in [2.24, 2.45) is 0 Å². The van der Waals surface area contributed by atoms with E-state index in [0.29, 0.717) is 17.7 Å². The Bertz CT molecular complexity index is 924. The number of aryl methyl sites for hydroxylation is 1. The van der Waals surface area contributed by atoms with E-state index in [1.165, 1.54) is 7.11 Å². The molecule has 0 spiro atoms. The Labute approximate surface area is 155 Å². The fourth-order valence-electron chi connectivity index (χ4n) is 3.06. The van der Waals surface area contributed by atoms with Gasteiger partial charge in [-0.1, -0.05) is 19.1 Å². The smallest absolute Gasteiger partial charge is 0.356 e. The molecule has 8 heteroatoms. The van der Waals surface area contributed by atoms with E-state index >= 15 is 0 Å². The predicted molar refractivity (Wildman–Crippen MR) is 93.5 cm³/mol. The van der Waals surface area contributed by atoms with E-state index in [1.807, 2.05) is 6.92 Å². The molecule has 3 rings (SSSR count). The number of nitrogens with zero attached hydrogens (tertiary/aromatic N) is 1. The molecule has 1 aliphatic heterocycles. The molecule has 1 N–H and O–H groups in total. The number of hydrogen-bond donors (Lipinski definition) is 1. The van der Waals surface area contributed by atoms with Crippen molar-refractivity contribution in [2.45, 2.75) is 20.3 Å². The summed E-state index contributed by atoms with van der Waals surface area (Å²) < 4.78 is 9.90. The van der Waals surface area contributed by atoms with Gasteiger partial charge in [-0.3, -0.25) is 9.59 Å². The summed E-state index contributed by atoms with van der Waals surface area (Å²) in [6, 6.07) is 6.40. The molecule has 0 unspecified atom stereocenters. The summed E-state index contributed by atoms with van der Waals surface area (Å²) in [4.78, 5) is 52.7. The summed E-state index contributed by atoms with van der Waals surface area (Å²) in [6.45, 7) is 2.91. The Balaban J connectivity index is 1.78. The van der Waals surface area contributed by atoms with Crippen LogP contribution in [0.5, 0.6) is 0 Å². The lowest BCUT2D eigenvalue weighted by molar-refractivity contribution is 0.0223. The molecule has 2 aromatic rings. The molecule has 0 radical (unpaired) electrons. The lowest BCUT2D eigenvalue weighted by Gasteiger charge is -2.13. The molecule has 8 nitrogen and oxygen atoms in total. The van der Waals surface area contributed by atoms with Crippen LogP contribution in [0.3, 0.4) is 0 Å². The molecule has 0 saturated heterocycles. The zero-order chi connectivity index (χ0) is 19.7. The number of rotatable bonds is 5. The third-order valence-electron chi connectivity index (χ3n) is 4.48. The predicted octanol–water partition coefficient (Wildman–Crippen LogP) is 2.08. The molecule has 0 atom stereocenters. The second kappa shape index (κ2) is 7.06. The number of hydrogen-bond acceptors (Lipinski definition) is 6. The number of ether oxygens (including phenoxy) is 2. The van der Waals surface area contributed by atoms with Crippen LogP contribution in [-0.4, -0.2) is 47.5 Å². The number of amides is 2. The van der Waals surface area contributed by atoms with E-state index in [4.69, 9.17) is 9.47 Å². The van der Waals surface area contributed by atoms with E-state index in [9.17, 15) is 19.2 Å². The third-order valence-corrected chi connectivity index (χ3v) is 4.48. The van der Waals surface area contributed by atoms with E-state index in [-0.39, 0.29) is 22.4 Å². The summed E-state index contributed by atoms with van der Waals surface area (Å²) >= 11 is 0. The van der Waals surface area contributed by atoms with Crippen molar-refractivity contribution in [2.75, 3.05) is 13.8 Å². The van der Waals surface area contributed by atoms with Gasteiger partial charge in [-0.15, -0.1) is 0 Å². The minimum Gasteiger partial charge on any atom is -0.465 e. The van der Waals surface area contributed by atoms with Crippen molar-refractivity contribution in [3.8, 4) is 0 Å². The van der Waals surface area contributed by atoms with Crippen molar-refractivity contribution in [1.29, 1.82) is 0 Å². The molecule has 0 bridgehead atoms. The lowest BCUT2D eigenvalue weighted by atomic mass is 10.1. The number of methoxy groups -OCH3 is 1. The number of H-pyrrole nitrogens is 1. The first-order valence-electron chi connectivity index (χ1n) is 8.32. The largest absolute Gasteiger partial charge is 0.465 e. The Kier molecular flexibility index (Phi) is 4.81. The third kappa shape index (κ3) is 2.99. The zero-order valence-electron chi connectivity index (χ0n) is 15.1. The monoisotopic (exact) mass is 370 g/mol. The van der Waals surface area contributed by atoms with Crippen LogP contribution in [0.25, 0.3) is 0 Å². The van der Waals surface area contributed by atoms with Gasteiger partial charge in [-0.05, 0) is 31.0 Å². The molecule has 2 amide bonds. The van der Waals surface area contributed by atoms with Crippen LogP contribution in [0.15, 0.2) is 24.3 Å². The summed E-state index contributed by atoms with van der Waals surface area (Å²) in [7, 11) is 1.26. The number of esters is 2. The molecule has 140 valence electrons. The molecule has 0 aliphatic carbocycles. The first kappa shape index (κ1) is 18.4. The maximum absolute atomic E-state index is 12.4. The van der Waals surface area contributed by atoms with Crippen molar-refractivity contribution in [3.63, 3.8) is 0 Å². The van der Waals surface area contributed by atoms with Crippen LogP contribution in [0.2, 0.25) is 0 Å².